The molecule has 0 aliphatic rings. The van der Waals surface area contributed by atoms with Crippen LogP contribution in [0, 0.1) is 0 Å². The van der Waals surface area contributed by atoms with Gasteiger partial charge in [0, 0.05) is 23.2 Å². The predicted octanol–water partition coefficient (Wildman–Crippen LogP) is 3.04. The van der Waals surface area contributed by atoms with E-state index >= 15 is 0 Å². The van der Waals surface area contributed by atoms with E-state index in [1.54, 1.807) is 0 Å². The standard InChI is InChI=1S/C13H20ClNO2/c1-4-16-7-8-17-13-6-5-11(14)9-12(13)10(2)15-3/h5-6,9-10,15H,4,7-8H2,1-3H3. The normalized spacial score (nSPS) is 12.5. The van der Waals surface area contributed by atoms with Crippen LogP contribution in [0.5, 0.6) is 5.75 Å². The third-order valence-electron chi connectivity index (χ3n) is 2.56. The summed E-state index contributed by atoms with van der Waals surface area (Å²) in [6.45, 7) is 5.91. The summed E-state index contributed by atoms with van der Waals surface area (Å²) in [4.78, 5) is 0. The predicted molar refractivity (Wildman–Crippen MR) is 70.9 cm³/mol. The van der Waals surface area contributed by atoms with Crippen molar-refractivity contribution in [3.8, 4) is 5.75 Å². The first-order valence-corrected chi connectivity index (χ1v) is 6.24. The van der Waals surface area contributed by atoms with Gasteiger partial charge in [-0.1, -0.05) is 11.6 Å². The first-order chi connectivity index (χ1) is 8.19. The van der Waals surface area contributed by atoms with Gasteiger partial charge in [0.1, 0.15) is 12.4 Å². The van der Waals surface area contributed by atoms with Crippen LogP contribution in [-0.4, -0.2) is 26.9 Å². The van der Waals surface area contributed by atoms with E-state index in [9.17, 15) is 0 Å². The fourth-order valence-corrected chi connectivity index (χ4v) is 1.68. The third-order valence-corrected chi connectivity index (χ3v) is 2.80. The molecule has 1 N–H and O–H groups in total. The second kappa shape index (κ2) is 7.54. The summed E-state index contributed by atoms with van der Waals surface area (Å²) < 4.78 is 10.9. The molecule has 0 saturated heterocycles. The Morgan fingerprint density at radius 3 is 2.76 bits per heavy atom. The van der Waals surface area contributed by atoms with E-state index in [0.717, 1.165) is 16.3 Å². The van der Waals surface area contributed by atoms with Gasteiger partial charge in [0.15, 0.2) is 0 Å². The zero-order valence-corrected chi connectivity index (χ0v) is 11.4. The molecule has 0 heterocycles. The molecule has 0 fully saturated rings. The molecule has 0 radical (unpaired) electrons. The maximum atomic E-state index is 5.99. The van der Waals surface area contributed by atoms with Crippen molar-refractivity contribution < 1.29 is 9.47 Å². The first kappa shape index (κ1) is 14.3. The SMILES string of the molecule is CCOCCOc1ccc(Cl)cc1C(C)NC. The smallest absolute Gasteiger partial charge is 0.124 e. The van der Waals surface area contributed by atoms with Crippen molar-refractivity contribution in [1.29, 1.82) is 0 Å². The van der Waals surface area contributed by atoms with Gasteiger partial charge in [-0.05, 0) is 39.1 Å². The van der Waals surface area contributed by atoms with Crippen molar-refractivity contribution in [1.82, 2.24) is 5.32 Å². The van der Waals surface area contributed by atoms with Crippen LogP contribution in [0.25, 0.3) is 0 Å². The highest BCUT2D eigenvalue weighted by molar-refractivity contribution is 6.30. The summed E-state index contributed by atoms with van der Waals surface area (Å²) in [5.74, 6) is 0.857. The molecular weight excluding hydrogens is 238 g/mol. The molecule has 1 aromatic rings. The lowest BCUT2D eigenvalue weighted by Crippen LogP contribution is -2.15. The molecule has 0 saturated carbocycles. The van der Waals surface area contributed by atoms with Gasteiger partial charge in [-0.2, -0.15) is 0 Å². The van der Waals surface area contributed by atoms with Gasteiger partial charge in [0.05, 0.1) is 6.61 Å². The summed E-state index contributed by atoms with van der Waals surface area (Å²) in [5, 5.41) is 3.90. The summed E-state index contributed by atoms with van der Waals surface area (Å²) >= 11 is 5.99. The summed E-state index contributed by atoms with van der Waals surface area (Å²) in [5.41, 5.74) is 1.07. The Bertz CT molecular complexity index is 344. The van der Waals surface area contributed by atoms with Gasteiger partial charge in [0.25, 0.3) is 0 Å². The van der Waals surface area contributed by atoms with E-state index in [-0.39, 0.29) is 6.04 Å². The molecule has 1 unspecified atom stereocenters. The number of nitrogens with one attached hydrogen (secondary N) is 1. The Hall–Kier alpha value is -0.770. The summed E-state index contributed by atoms with van der Waals surface area (Å²) in [7, 11) is 1.91. The van der Waals surface area contributed by atoms with E-state index in [1.807, 2.05) is 32.2 Å². The van der Waals surface area contributed by atoms with Crippen molar-refractivity contribution >= 4 is 11.6 Å². The monoisotopic (exact) mass is 257 g/mol. The lowest BCUT2D eigenvalue weighted by Gasteiger charge is -2.16. The lowest BCUT2D eigenvalue weighted by atomic mass is 10.1. The summed E-state index contributed by atoms with van der Waals surface area (Å²) in [6, 6.07) is 5.87. The van der Waals surface area contributed by atoms with Crippen LogP contribution in [0.2, 0.25) is 5.02 Å². The number of rotatable bonds is 7. The number of benzene rings is 1. The third kappa shape index (κ3) is 4.54. The molecule has 96 valence electrons. The zero-order chi connectivity index (χ0) is 12.7. The van der Waals surface area contributed by atoms with Crippen LogP contribution in [-0.2, 0) is 4.74 Å². The Balaban J connectivity index is 2.69. The molecule has 0 aromatic heterocycles. The molecule has 4 heteroatoms. The fourth-order valence-electron chi connectivity index (χ4n) is 1.50. The largest absolute Gasteiger partial charge is 0.491 e. The average molecular weight is 258 g/mol. The topological polar surface area (TPSA) is 30.5 Å². The average Bonchev–Trinajstić information content (AvgIpc) is 2.35. The minimum absolute atomic E-state index is 0.204. The Morgan fingerprint density at radius 1 is 1.35 bits per heavy atom. The van der Waals surface area contributed by atoms with Crippen LogP contribution in [0.3, 0.4) is 0 Å². The van der Waals surface area contributed by atoms with Gasteiger partial charge in [0.2, 0.25) is 0 Å². The second-order valence-electron chi connectivity index (χ2n) is 3.74. The Kier molecular flexibility index (Phi) is 6.34. The van der Waals surface area contributed by atoms with E-state index in [0.29, 0.717) is 19.8 Å². The van der Waals surface area contributed by atoms with E-state index < -0.39 is 0 Å². The van der Waals surface area contributed by atoms with Gasteiger partial charge in [-0.15, -0.1) is 0 Å². The van der Waals surface area contributed by atoms with Gasteiger partial charge in [-0.25, -0.2) is 0 Å². The number of hydrogen-bond acceptors (Lipinski definition) is 3. The van der Waals surface area contributed by atoms with Crippen molar-refractivity contribution in [2.45, 2.75) is 19.9 Å². The van der Waals surface area contributed by atoms with Gasteiger partial charge in [-0.3, -0.25) is 0 Å². The number of hydrogen-bond donors (Lipinski definition) is 1. The molecule has 0 amide bonds. The van der Waals surface area contributed by atoms with Crippen LogP contribution < -0.4 is 10.1 Å². The molecule has 0 bridgehead atoms. The molecule has 1 aromatic carbocycles. The minimum Gasteiger partial charge on any atom is -0.491 e. The summed E-state index contributed by atoms with van der Waals surface area (Å²) in [6.07, 6.45) is 0. The molecule has 0 aliphatic heterocycles. The molecule has 1 rings (SSSR count). The van der Waals surface area contributed by atoms with Gasteiger partial charge < -0.3 is 14.8 Å². The fraction of sp³-hybridized carbons (Fsp3) is 0.538. The van der Waals surface area contributed by atoms with E-state index in [4.69, 9.17) is 21.1 Å². The Labute approximate surface area is 108 Å². The Morgan fingerprint density at radius 2 is 2.12 bits per heavy atom. The van der Waals surface area contributed by atoms with Crippen LogP contribution >= 0.6 is 11.6 Å². The van der Waals surface area contributed by atoms with Crippen LogP contribution in [0.15, 0.2) is 18.2 Å². The highest BCUT2D eigenvalue weighted by Crippen LogP contribution is 2.28. The number of halogens is 1. The maximum Gasteiger partial charge on any atom is 0.124 e. The molecular formula is C13H20ClNO2. The quantitative estimate of drug-likeness (QED) is 0.762. The van der Waals surface area contributed by atoms with Crippen molar-refractivity contribution in [3.05, 3.63) is 28.8 Å². The molecule has 0 spiro atoms. The molecule has 3 nitrogen and oxygen atoms in total. The lowest BCUT2D eigenvalue weighted by molar-refractivity contribution is 0.109. The highest BCUT2D eigenvalue weighted by Gasteiger charge is 2.10. The van der Waals surface area contributed by atoms with Crippen molar-refractivity contribution in [2.75, 3.05) is 26.9 Å². The molecule has 0 aliphatic carbocycles. The molecule has 1 atom stereocenters. The maximum absolute atomic E-state index is 5.99. The molecule has 17 heavy (non-hydrogen) atoms. The van der Waals surface area contributed by atoms with Crippen molar-refractivity contribution in [3.63, 3.8) is 0 Å². The van der Waals surface area contributed by atoms with Crippen molar-refractivity contribution in [2.24, 2.45) is 0 Å². The van der Waals surface area contributed by atoms with E-state index in [2.05, 4.69) is 12.2 Å². The van der Waals surface area contributed by atoms with E-state index in [1.165, 1.54) is 0 Å². The van der Waals surface area contributed by atoms with Gasteiger partial charge >= 0.3 is 0 Å². The first-order valence-electron chi connectivity index (χ1n) is 5.86. The highest BCUT2D eigenvalue weighted by atomic mass is 35.5. The minimum atomic E-state index is 0.204. The second-order valence-corrected chi connectivity index (χ2v) is 4.17. The van der Waals surface area contributed by atoms with Crippen LogP contribution in [0.1, 0.15) is 25.5 Å². The zero-order valence-electron chi connectivity index (χ0n) is 10.6. The number of ether oxygens (including phenoxy) is 2. The van der Waals surface area contributed by atoms with Crippen LogP contribution in [0.4, 0.5) is 0 Å².